The smallest absolute Gasteiger partial charge is 0.179 e. The van der Waals surface area contributed by atoms with E-state index in [1.807, 2.05) is 13.0 Å². The average Bonchev–Trinajstić information content (AvgIpc) is 2.90. The number of hydrogen-bond donors (Lipinski definition) is 0. The van der Waals surface area contributed by atoms with Gasteiger partial charge >= 0.3 is 0 Å². The summed E-state index contributed by atoms with van der Waals surface area (Å²) in [5.74, 6) is 0.664. The zero-order chi connectivity index (χ0) is 17.9. The van der Waals surface area contributed by atoms with Gasteiger partial charge in [0, 0.05) is 17.5 Å². The van der Waals surface area contributed by atoms with E-state index in [2.05, 4.69) is 11.5 Å². The molecule has 0 amide bonds. The number of rotatable bonds is 6. The Hall–Kier alpha value is -1.27. The van der Waals surface area contributed by atoms with Crippen LogP contribution in [0.25, 0.3) is 0 Å². The largest absolute Gasteiger partial charge is 0.320 e. The Kier molecular flexibility index (Phi) is 5.89. The molecule has 0 radical (unpaired) electrons. The molecule has 1 saturated carbocycles. The lowest BCUT2D eigenvalue weighted by atomic mass is 9.95. The van der Waals surface area contributed by atoms with Crippen LogP contribution in [0, 0.1) is 13.8 Å². The van der Waals surface area contributed by atoms with E-state index < -0.39 is 9.84 Å². The number of aromatic nitrogens is 2. The summed E-state index contributed by atoms with van der Waals surface area (Å²) in [6.07, 6.45) is 6.27. The molecule has 25 heavy (non-hydrogen) atoms. The van der Waals surface area contributed by atoms with Gasteiger partial charge in [-0.1, -0.05) is 49.2 Å². The van der Waals surface area contributed by atoms with Crippen molar-refractivity contribution in [3.63, 3.8) is 0 Å². The van der Waals surface area contributed by atoms with Crippen LogP contribution in [0.1, 0.15) is 49.5 Å². The highest BCUT2D eigenvalue weighted by Gasteiger charge is 2.22. The molecule has 0 aliphatic heterocycles. The molecule has 3 rings (SSSR count). The molecule has 0 bridgehead atoms. The van der Waals surface area contributed by atoms with Gasteiger partial charge in [0.2, 0.25) is 0 Å². The molecule has 136 valence electrons. The fourth-order valence-corrected chi connectivity index (χ4v) is 6.28. The Morgan fingerprint density at radius 3 is 2.48 bits per heavy atom. The first-order valence-corrected chi connectivity index (χ1v) is 11.6. The van der Waals surface area contributed by atoms with Crippen LogP contribution in [0.15, 0.2) is 40.4 Å². The van der Waals surface area contributed by atoms with Crippen molar-refractivity contribution >= 4 is 21.6 Å². The van der Waals surface area contributed by atoms with Gasteiger partial charge in [-0.3, -0.25) is 0 Å². The van der Waals surface area contributed by atoms with Gasteiger partial charge in [0.05, 0.1) is 16.3 Å². The third kappa shape index (κ3) is 4.29. The van der Waals surface area contributed by atoms with Gasteiger partial charge in [-0.25, -0.2) is 13.4 Å². The summed E-state index contributed by atoms with van der Waals surface area (Å²) in [5, 5.41) is 0.977. The molecule has 1 heterocycles. The Morgan fingerprint density at radius 1 is 1.12 bits per heavy atom. The summed E-state index contributed by atoms with van der Waals surface area (Å²) >= 11 is 1.57. The van der Waals surface area contributed by atoms with Gasteiger partial charge in [-0.2, -0.15) is 0 Å². The molecule has 2 aromatic rings. The van der Waals surface area contributed by atoms with Crippen molar-refractivity contribution in [3.8, 4) is 0 Å². The topological polar surface area (TPSA) is 52.0 Å². The summed E-state index contributed by atoms with van der Waals surface area (Å²) in [6.45, 7) is 4.17. The molecule has 1 aliphatic rings. The van der Waals surface area contributed by atoms with Gasteiger partial charge in [-0.15, -0.1) is 0 Å². The Labute approximate surface area is 155 Å². The zero-order valence-electron chi connectivity index (χ0n) is 14.9. The van der Waals surface area contributed by atoms with E-state index >= 15 is 0 Å². The van der Waals surface area contributed by atoms with Crippen LogP contribution in [0.2, 0.25) is 0 Å². The molecular formula is C19H26N2O2S2. The maximum Gasteiger partial charge on any atom is 0.179 e. The average molecular weight is 379 g/mol. The van der Waals surface area contributed by atoms with Crippen molar-refractivity contribution in [1.29, 1.82) is 0 Å². The number of thioether (sulfide) groups is 1. The molecule has 0 unspecified atom stereocenters. The van der Waals surface area contributed by atoms with Crippen LogP contribution < -0.4 is 0 Å². The van der Waals surface area contributed by atoms with E-state index in [9.17, 15) is 8.42 Å². The minimum absolute atomic E-state index is 0.136. The highest BCUT2D eigenvalue weighted by atomic mass is 32.2. The highest BCUT2D eigenvalue weighted by molar-refractivity contribution is 8.00. The number of aryl methyl sites for hydroxylation is 1. The monoisotopic (exact) mass is 378 g/mol. The maximum atomic E-state index is 12.4. The molecular weight excluding hydrogens is 352 g/mol. The second-order valence-corrected chi connectivity index (χ2v) is 9.88. The molecule has 0 atom stereocenters. The third-order valence-electron chi connectivity index (χ3n) is 4.98. The number of imidazole rings is 1. The van der Waals surface area contributed by atoms with Crippen molar-refractivity contribution in [2.24, 2.45) is 0 Å². The van der Waals surface area contributed by atoms with Crippen LogP contribution in [0.5, 0.6) is 0 Å². The second kappa shape index (κ2) is 7.96. The van der Waals surface area contributed by atoms with Crippen molar-refractivity contribution in [2.45, 2.75) is 62.0 Å². The predicted molar refractivity (Wildman–Crippen MR) is 103 cm³/mol. The van der Waals surface area contributed by atoms with Gasteiger partial charge in [0.1, 0.15) is 0 Å². The van der Waals surface area contributed by atoms with Crippen LogP contribution in [-0.2, 0) is 9.84 Å². The first-order valence-electron chi connectivity index (χ1n) is 8.95. The fourth-order valence-electron chi connectivity index (χ4n) is 3.46. The lowest BCUT2D eigenvalue weighted by molar-refractivity contribution is 0.332. The first-order chi connectivity index (χ1) is 12.0. The van der Waals surface area contributed by atoms with Gasteiger partial charge < -0.3 is 4.57 Å². The van der Waals surface area contributed by atoms with Gasteiger partial charge in [0.15, 0.2) is 15.0 Å². The Bertz CT molecular complexity index is 807. The number of benzene rings is 1. The third-order valence-corrected chi connectivity index (χ3v) is 7.92. The van der Waals surface area contributed by atoms with Crippen molar-refractivity contribution in [2.75, 3.05) is 11.5 Å². The summed E-state index contributed by atoms with van der Waals surface area (Å²) in [7, 11) is -3.23. The number of hydrogen-bond acceptors (Lipinski definition) is 4. The molecule has 0 saturated heterocycles. The Balaban J connectivity index is 1.70. The van der Waals surface area contributed by atoms with Crippen LogP contribution in [0.3, 0.4) is 0 Å². The van der Waals surface area contributed by atoms with Gasteiger partial charge in [-0.05, 0) is 38.8 Å². The van der Waals surface area contributed by atoms with Gasteiger partial charge in [0.25, 0.3) is 0 Å². The molecule has 1 aromatic heterocycles. The molecule has 1 aromatic carbocycles. The SMILES string of the molecule is Cc1nc(SCCS(=O)(=O)c2ccccc2)n(C2CCCCC2)c1C. The van der Waals surface area contributed by atoms with Crippen molar-refractivity contribution < 1.29 is 8.42 Å². The minimum Gasteiger partial charge on any atom is -0.320 e. The molecule has 6 heteroatoms. The summed E-state index contributed by atoms with van der Waals surface area (Å²) in [5.41, 5.74) is 2.28. The van der Waals surface area contributed by atoms with E-state index in [0.717, 1.165) is 10.9 Å². The predicted octanol–water partition coefficient (Wildman–Crippen LogP) is 4.57. The standard InChI is InChI=1S/C19H26N2O2S2/c1-15-16(2)21(17-9-5-3-6-10-17)19(20-15)24-13-14-25(22,23)18-11-7-4-8-12-18/h4,7-8,11-12,17H,3,5-6,9-10,13-14H2,1-2H3. The number of nitrogens with zero attached hydrogens (tertiary/aromatic N) is 2. The van der Waals surface area contributed by atoms with E-state index in [-0.39, 0.29) is 5.75 Å². The van der Waals surface area contributed by atoms with E-state index in [0.29, 0.717) is 16.7 Å². The van der Waals surface area contributed by atoms with Crippen LogP contribution in [-0.4, -0.2) is 29.5 Å². The summed E-state index contributed by atoms with van der Waals surface area (Å²) < 4.78 is 27.2. The van der Waals surface area contributed by atoms with Crippen LogP contribution in [0.4, 0.5) is 0 Å². The summed E-state index contributed by atoms with van der Waals surface area (Å²) in [4.78, 5) is 5.11. The molecule has 0 spiro atoms. The zero-order valence-corrected chi connectivity index (χ0v) is 16.6. The normalized spacial score (nSPS) is 16.2. The van der Waals surface area contributed by atoms with E-state index in [4.69, 9.17) is 4.98 Å². The van der Waals surface area contributed by atoms with E-state index in [1.165, 1.54) is 37.8 Å². The first kappa shape index (κ1) is 18.5. The minimum atomic E-state index is -3.23. The second-order valence-electron chi connectivity index (χ2n) is 6.71. The summed E-state index contributed by atoms with van der Waals surface area (Å²) in [6, 6.07) is 9.21. The van der Waals surface area contributed by atoms with Crippen LogP contribution >= 0.6 is 11.8 Å². The molecule has 0 N–H and O–H groups in total. The lowest BCUT2D eigenvalue weighted by Crippen LogP contribution is -2.16. The van der Waals surface area contributed by atoms with Crippen molar-refractivity contribution in [3.05, 3.63) is 41.7 Å². The quantitative estimate of drug-likeness (QED) is 0.691. The number of sulfone groups is 1. The molecule has 1 fully saturated rings. The fraction of sp³-hybridized carbons (Fsp3) is 0.526. The molecule has 4 nitrogen and oxygen atoms in total. The van der Waals surface area contributed by atoms with E-state index in [1.54, 1.807) is 36.0 Å². The molecule has 1 aliphatic carbocycles. The Morgan fingerprint density at radius 2 is 1.80 bits per heavy atom. The lowest BCUT2D eigenvalue weighted by Gasteiger charge is -2.26. The van der Waals surface area contributed by atoms with Crippen molar-refractivity contribution in [1.82, 2.24) is 9.55 Å². The maximum absolute atomic E-state index is 12.4. The highest BCUT2D eigenvalue weighted by Crippen LogP contribution is 2.34.